The van der Waals surface area contributed by atoms with Crippen LogP contribution in [0.1, 0.15) is 23.2 Å². The Balaban J connectivity index is 2.08. The molecule has 0 amide bonds. The van der Waals surface area contributed by atoms with Crippen LogP contribution in [-0.4, -0.2) is 23.4 Å². The molecule has 0 spiro atoms. The number of aromatic amines is 1. The van der Waals surface area contributed by atoms with Gasteiger partial charge in [-0.2, -0.15) is 0 Å². The van der Waals surface area contributed by atoms with E-state index in [2.05, 4.69) is 10.3 Å². The van der Waals surface area contributed by atoms with Gasteiger partial charge in [0.1, 0.15) is 5.82 Å². The quantitative estimate of drug-likeness (QED) is 0.780. The van der Waals surface area contributed by atoms with Crippen LogP contribution >= 0.6 is 0 Å². The first kappa shape index (κ1) is 10.5. The Hall–Kier alpha value is -1.68. The fraction of sp³-hybridized carbons (Fsp3) is 0.308. The number of H-pyrrole nitrogens is 1. The lowest BCUT2D eigenvalue weighted by Gasteiger charge is -2.07. The van der Waals surface area contributed by atoms with Gasteiger partial charge in [0.25, 0.3) is 0 Å². The Labute approximate surface area is 98.0 Å². The number of halogens is 1. The van der Waals surface area contributed by atoms with Gasteiger partial charge in [-0.3, -0.25) is 4.79 Å². The minimum absolute atomic E-state index is 0.0150. The van der Waals surface area contributed by atoms with E-state index in [1.165, 1.54) is 6.07 Å². The van der Waals surface area contributed by atoms with Crippen LogP contribution in [0.4, 0.5) is 4.39 Å². The van der Waals surface area contributed by atoms with Crippen LogP contribution < -0.4 is 5.32 Å². The molecule has 1 aromatic heterocycles. The summed E-state index contributed by atoms with van der Waals surface area (Å²) in [7, 11) is 0. The van der Waals surface area contributed by atoms with Gasteiger partial charge in [-0.05, 0) is 31.5 Å². The maximum Gasteiger partial charge on any atom is 0.181 e. The first-order chi connectivity index (χ1) is 8.27. The molecule has 1 fully saturated rings. The number of rotatable bonds is 2. The average molecular weight is 232 g/mol. The lowest BCUT2D eigenvalue weighted by Crippen LogP contribution is -2.30. The summed E-state index contributed by atoms with van der Waals surface area (Å²) in [4.78, 5) is 15.2. The molecular formula is C13H13FN2O. The SMILES string of the molecule is O=C(c1c[nH]c2cccc(F)c12)[C@H]1CCCN1. The minimum atomic E-state index is -0.343. The van der Waals surface area contributed by atoms with Crippen LogP contribution in [0.25, 0.3) is 10.9 Å². The zero-order chi connectivity index (χ0) is 11.8. The second-order valence-corrected chi connectivity index (χ2v) is 4.38. The molecule has 1 aromatic carbocycles. The largest absolute Gasteiger partial charge is 0.360 e. The number of aromatic nitrogens is 1. The van der Waals surface area contributed by atoms with Crippen LogP contribution in [0, 0.1) is 5.82 Å². The van der Waals surface area contributed by atoms with Crippen molar-refractivity contribution in [3.05, 3.63) is 35.8 Å². The molecule has 0 saturated carbocycles. The predicted molar refractivity (Wildman–Crippen MR) is 63.6 cm³/mol. The Morgan fingerprint density at radius 3 is 3.06 bits per heavy atom. The highest BCUT2D eigenvalue weighted by molar-refractivity contribution is 6.10. The zero-order valence-corrected chi connectivity index (χ0v) is 9.29. The minimum Gasteiger partial charge on any atom is -0.360 e. The molecule has 0 aliphatic carbocycles. The fourth-order valence-corrected chi connectivity index (χ4v) is 2.43. The molecule has 2 aromatic rings. The van der Waals surface area contributed by atoms with Gasteiger partial charge in [0.15, 0.2) is 5.78 Å². The van der Waals surface area contributed by atoms with Gasteiger partial charge in [-0.15, -0.1) is 0 Å². The summed E-state index contributed by atoms with van der Waals surface area (Å²) in [5.74, 6) is -0.357. The molecule has 3 nitrogen and oxygen atoms in total. The van der Waals surface area contributed by atoms with Crippen molar-refractivity contribution in [2.45, 2.75) is 18.9 Å². The first-order valence-corrected chi connectivity index (χ1v) is 5.80. The topological polar surface area (TPSA) is 44.9 Å². The smallest absolute Gasteiger partial charge is 0.181 e. The third-order valence-corrected chi connectivity index (χ3v) is 3.30. The van der Waals surface area contributed by atoms with Crippen molar-refractivity contribution in [3.63, 3.8) is 0 Å². The Kier molecular flexibility index (Phi) is 2.44. The van der Waals surface area contributed by atoms with Crippen LogP contribution in [0.15, 0.2) is 24.4 Å². The van der Waals surface area contributed by atoms with Crippen LogP contribution in [-0.2, 0) is 0 Å². The summed E-state index contributed by atoms with van der Waals surface area (Å²) < 4.78 is 13.7. The lowest BCUT2D eigenvalue weighted by atomic mass is 10.0. The Bertz CT molecular complexity index is 570. The molecule has 88 valence electrons. The van der Waals surface area contributed by atoms with Crippen molar-refractivity contribution in [1.29, 1.82) is 0 Å². The molecule has 17 heavy (non-hydrogen) atoms. The summed E-state index contributed by atoms with van der Waals surface area (Å²) in [5, 5.41) is 3.55. The van der Waals surface area contributed by atoms with Gasteiger partial charge in [0.2, 0.25) is 0 Å². The van der Waals surface area contributed by atoms with Gasteiger partial charge < -0.3 is 10.3 Å². The number of hydrogen-bond donors (Lipinski definition) is 2. The third-order valence-electron chi connectivity index (χ3n) is 3.30. The van der Waals surface area contributed by atoms with E-state index in [9.17, 15) is 9.18 Å². The van der Waals surface area contributed by atoms with Gasteiger partial charge in [-0.1, -0.05) is 6.07 Å². The summed E-state index contributed by atoms with van der Waals surface area (Å²) in [6, 6.07) is 4.64. The van der Waals surface area contributed by atoms with Gasteiger partial charge in [0, 0.05) is 22.7 Å². The highest BCUT2D eigenvalue weighted by Crippen LogP contribution is 2.24. The number of carbonyl (C=O) groups excluding carboxylic acids is 1. The second-order valence-electron chi connectivity index (χ2n) is 4.38. The summed E-state index contributed by atoms with van der Waals surface area (Å²) in [6.07, 6.45) is 3.44. The van der Waals surface area contributed by atoms with Crippen molar-refractivity contribution >= 4 is 16.7 Å². The molecule has 1 aliphatic rings. The van der Waals surface area contributed by atoms with E-state index in [0.29, 0.717) is 16.5 Å². The van der Waals surface area contributed by atoms with E-state index in [-0.39, 0.29) is 17.6 Å². The van der Waals surface area contributed by atoms with Crippen molar-refractivity contribution < 1.29 is 9.18 Å². The van der Waals surface area contributed by atoms with Crippen LogP contribution in [0.2, 0.25) is 0 Å². The molecule has 1 aliphatic heterocycles. The highest BCUT2D eigenvalue weighted by Gasteiger charge is 2.26. The molecule has 4 heteroatoms. The Morgan fingerprint density at radius 1 is 1.41 bits per heavy atom. The standard InChI is InChI=1S/C13H13FN2O/c14-9-3-1-4-10-12(9)8(7-16-10)13(17)11-5-2-6-15-11/h1,3-4,7,11,15-16H,2,5-6H2/t11-/m1/s1. The number of fused-ring (bicyclic) bond motifs is 1. The fourth-order valence-electron chi connectivity index (χ4n) is 2.43. The van der Waals surface area contributed by atoms with Crippen molar-refractivity contribution in [2.75, 3.05) is 6.54 Å². The van der Waals surface area contributed by atoms with Crippen LogP contribution in [0.3, 0.4) is 0 Å². The molecule has 0 unspecified atom stereocenters. The van der Waals surface area contributed by atoms with Crippen molar-refractivity contribution in [1.82, 2.24) is 10.3 Å². The molecule has 3 rings (SSSR count). The average Bonchev–Trinajstić information content (AvgIpc) is 2.98. The maximum absolute atomic E-state index is 13.7. The normalized spacial score (nSPS) is 19.9. The zero-order valence-electron chi connectivity index (χ0n) is 9.29. The molecule has 1 saturated heterocycles. The van der Waals surface area contributed by atoms with Gasteiger partial charge >= 0.3 is 0 Å². The monoisotopic (exact) mass is 232 g/mol. The van der Waals surface area contributed by atoms with E-state index >= 15 is 0 Å². The number of benzene rings is 1. The molecule has 1 atom stereocenters. The molecule has 0 bridgehead atoms. The number of carbonyl (C=O) groups is 1. The van der Waals surface area contributed by atoms with Crippen molar-refractivity contribution in [3.8, 4) is 0 Å². The van der Waals surface area contributed by atoms with E-state index in [4.69, 9.17) is 0 Å². The summed E-state index contributed by atoms with van der Waals surface area (Å²) in [5.41, 5.74) is 1.13. The van der Waals surface area contributed by atoms with Crippen molar-refractivity contribution in [2.24, 2.45) is 0 Å². The summed E-state index contributed by atoms with van der Waals surface area (Å²) >= 11 is 0. The number of nitrogens with one attached hydrogen (secondary N) is 2. The number of hydrogen-bond acceptors (Lipinski definition) is 2. The lowest BCUT2D eigenvalue weighted by molar-refractivity contribution is 0.0954. The molecular weight excluding hydrogens is 219 g/mol. The summed E-state index contributed by atoms with van der Waals surface area (Å²) in [6.45, 7) is 0.862. The van der Waals surface area contributed by atoms with Gasteiger partial charge in [0.05, 0.1) is 6.04 Å². The van der Waals surface area contributed by atoms with Crippen LogP contribution in [0.5, 0.6) is 0 Å². The van der Waals surface area contributed by atoms with E-state index in [1.807, 2.05) is 0 Å². The third kappa shape index (κ3) is 1.65. The van der Waals surface area contributed by atoms with E-state index < -0.39 is 0 Å². The maximum atomic E-state index is 13.7. The predicted octanol–water partition coefficient (Wildman–Crippen LogP) is 2.24. The van der Waals surface area contributed by atoms with E-state index in [0.717, 1.165) is 19.4 Å². The number of Topliss-reactive ketones (excluding diaryl/α,β-unsaturated/α-hetero) is 1. The second kappa shape index (κ2) is 3.96. The first-order valence-electron chi connectivity index (χ1n) is 5.80. The highest BCUT2D eigenvalue weighted by atomic mass is 19.1. The van der Waals surface area contributed by atoms with Gasteiger partial charge in [-0.25, -0.2) is 4.39 Å². The number of ketones is 1. The molecule has 2 N–H and O–H groups in total. The molecule has 2 heterocycles. The Morgan fingerprint density at radius 2 is 2.29 bits per heavy atom. The molecule has 0 radical (unpaired) electrons. The van der Waals surface area contributed by atoms with E-state index in [1.54, 1.807) is 18.3 Å².